The van der Waals surface area contributed by atoms with Crippen LogP contribution in [0.2, 0.25) is 0 Å². The van der Waals surface area contributed by atoms with Crippen molar-refractivity contribution in [2.45, 2.75) is 83.2 Å². The van der Waals surface area contributed by atoms with E-state index in [4.69, 9.17) is 4.55 Å². The van der Waals surface area contributed by atoms with Gasteiger partial charge in [-0.25, -0.2) is 9.10 Å². The van der Waals surface area contributed by atoms with Crippen LogP contribution in [0.4, 0.5) is 4.79 Å². The molecule has 42 heavy (non-hydrogen) atoms. The Morgan fingerprint density at radius 2 is 1.50 bits per heavy atom. The number of nitrogens with one attached hydrogen (secondary N) is 2. The van der Waals surface area contributed by atoms with Crippen LogP contribution in [0.25, 0.3) is 0 Å². The molecule has 0 aromatic heterocycles. The zero-order chi connectivity index (χ0) is 30.7. The molecule has 6 amide bonds. The summed E-state index contributed by atoms with van der Waals surface area (Å²) in [6.07, 6.45) is 11.5. The van der Waals surface area contributed by atoms with E-state index < -0.39 is 58.6 Å². The Balaban J connectivity index is 1.49. The number of imide groups is 1. The number of nitrogens with zero attached hydrogens (tertiary/aromatic N) is 3. The summed E-state index contributed by atoms with van der Waals surface area (Å²) >= 11 is 0. The molecule has 1 aromatic rings. The predicted molar refractivity (Wildman–Crippen MR) is 153 cm³/mol. The Hall–Kier alpha value is -3.52. The van der Waals surface area contributed by atoms with Crippen LogP contribution in [-0.2, 0) is 29.5 Å². The van der Waals surface area contributed by atoms with Gasteiger partial charge in [-0.1, -0.05) is 95.0 Å². The van der Waals surface area contributed by atoms with Gasteiger partial charge in [0.15, 0.2) is 0 Å². The number of rotatable bonds is 16. The van der Waals surface area contributed by atoms with Crippen molar-refractivity contribution in [3.05, 3.63) is 35.9 Å². The van der Waals surface area contributed by atoms with Crippen LogP contribution in [0.5, 0.6) is 0 Å². The maximum atomic E-state index is 13.1. The topological polar surface area (TPSA) is 173 Å². The van der Waals surface area contributed by atoms with Crippen molar-refractivity contribution in [1.29, 1.82) is 0 Å². The van der Waals surface area contributed by atoms with Crippen LogP contribution in [0.1, 0.15) is 82.7 Å². The predicted octanol–water partition coefficient (Wildman–Crippen LogP) is 2.16. The van der Waals surface area contributed by atoms with Gasteiger partial charge in [0.2, 0.25) is 5.91 Å². The summed E-state index contributed by atoms with van der Waals surface area (Å²) in [6.45, 7) is 2.31. The molecule has 2 aliphatic heterocycles. The highest BCUT2D eigenvalue weighted by Gasteiger charge is 2.45. The standard InChI is InChI=1S/C28H41N5O8S/c1-2-3-4-5-6-7-8-9-10-14-17-31-18-19-32(27(37)26(31)36)28(38)30-23(21-15-12-11-13-16-21)24(34)29-22-20-33(25(22)35)42(39,40)41/h11-13,15-16,22-23H,2-10,14,17-20H2,1H3,(H,29,34)(H,30,38)(H,39,40,41)/t22?,23-/m1/s1. The van der Waals surface area contributed by atoms with Gasteiger partial charge in [0, 0.05) is 19.6 Å². The van der Waals surface area contributed by atoms with E-state index in [-0.39, 0.29) is 17.4 Å². The van der Waals surface area contributed by atoms with E-state index in [0.29, 0.717) is 12.1 Å². The lowest BCUT2D eigenvalue weighted by molar-refractivity contribution is -0.153. The number of benzene rings is 1. The van der Waals surface area contributed by atoms with Gasteiger partial charge >= 0.3 is 28.1 Å². The van der Waals surface area contributed by atoms with Crippen LogP contribution >= 0.6 is 0 Å². The highest BCUT2D eigenvalue weighted by molar-refractivity contribution is 7.84. The molecule has 13 nitrogen and oxygen atoms in total. The fraction of sp³-hybridized carbons (Fsp3) is 0.607. The fourth-order valence-corrected chi connectivity index (χ4v) is 5.68. The number of amides is 6. The van der Waals surface area contributed by atoms with E-state index in [1.54, 1.807) is 30.3 Å². The lowest BCUT2D eigenvalue weighted by atomic mass is 10.0. The van der Waals surface area contributed by atoms with Gasteiger partial charge in [-0.15, -0.1) is 0 Å². The lowest BCUT2D eigenvalue weighted by Crippen LogP contribution is -2.66. The number of urea groups is 1. The molecule has 2 aliphatic rings. The molecule has 14 heteroatoms. The summed E-state index contributed by atoms with van der Waals surface area (Å²) in [4.78, 5) is 65.9. The average molecular weight is 608 g/mol. The molecule has 0 spiro atoms. The zero-order valence-corrected chi connectivity index (χ0v) is 24.8. The van der Waals surface area contributed by atoms with E-state index >= 15 is 0 Å². The SMILES string of the molecule is CCCCCCCCCCCCN1CCN(C(=O)N[C@@H](C(=O)NC2CN(S(=O)(=O)O)C2=O)c2ccccc2)C(=O)C1=O. The van der Waals surface area contributed by atoms with Crippen molar-refractivity contribution < 1.29 is 36.9 Å². The summed E-state index contributed by atoms with van der Waals surface area (Å²) in [5, 5.41) is 4.81. The molecule has 1 aromatic carbocycles. The van der Waals surface area contributed by atoms with Gasteiger partial charge in [0.1, 0.15) is 12.1 Å². The first-order valence-corrected chi connectivity index (χ1v) is 16.0. The molecule has 3 N–H and O–H groups in total. The number of carbonyl (C=O) groups is 5. The Bertz CT molecular complexity index is 1230. The number of piperazine rings is 1. The molecule has 0 bridgehead atoms. The molecule has 0 saturated carbocycles. The summed E-state index contributed by atoms with van der Waals surface area (Å²) in [5.74, 6) is -3.63. The summed E-state index contributed by atoms with van der Waals surface area (Å²) in [7, 11) is -4.74. The zero-order valence-electron chi connectivity index (χ0n) is 24.0. The lowest BCUT2D eigenvalue weighted by Gasteiger charge is -2.36. The van der Waals surface area contributed by atoms with E-state index in [2.05, 4.69) is 17.6 Å². The highest BCUT2D eigenvalue weighted by Crippen LogP contribution is 2.19. The van der Waals surface area contributed by atoms with Crippen molar-refractivity contribution in [2.75, 3.05) is 26.2 Å². The van der Waals surface area contributed by atoms with Crippen molar-refractivity contribution in [3.63, 3.8) is 0 Å². The summed E-state index contributed by atoms with van der Waals surface area (Å²) < 4.78 is 31.6. The molecule has 2 heterocycles. The number of β-lactam (4-membered cyclic amide) rings is 1. The number of carbonyl (C=O) groups excluding carboxylic acids is 5. The minimum absolute atomic E-state index is 0.0400. The maximum absolute atomic E-state index is 13.1. The largest absolute Gasteiger partial charge is 0.362 e. The Kier molecular flexibility index (Phi) is 12.3. The Morgan fingerprint density at radius 1 is 0.905 bits per heavy atom. The van der Waals surface area contributed by atoms with E-state index in [1.807, 2.05) is 0 Å². The van der Waals surface area contributed by atoms with E-state index in [9.17, 15) is 32.4 Å². The summed E-state index contributed by atoms with van der Waals surface area (Å²) in [6, 6.07) is 4.52. The quantitative estimate of drug-likeness (QED) is 0.111. The van der Waals surface area contributed by atoms with Crippen molar-refractivity contribution in [1.82, 2.24) is 24.7 Å². The normalized spacial score (nSPS) is 18.1. The molecule has 0 aliphatic carbocycles. The summed E-state index contributed by atoms with van der Waals surface area (Å²) in [5.41, 5.74) is 0.333. The molecule has 1 unspecified atom stereocenters. The second-order valence-electron chi connectivity index (χ2n) is 10.6. The van der Waals surface area contributed by atoms with Gasteiger partial charge in [-0.3, -0.25) is 28.6 Å². The van der Waals surface area contributed by atoms with Gasteiger partial charge in [0.25, 0.3) is 5.91 Å². The van der Waals surface area contributed by atoms with Crippen molar-refractivity contribution >= 4 is 40.0 Å². The Labute approximate surface area is 246 Å². The van der Waals surface area contributed by atoms with Crippen LogP contribution in [-0.4, -0.2) is 89.0 Å². The van der Waals surface area contributed by atoms with Gasteiger partial charge in [-0.2, -0.15) is 8.42 Å². The number of hydrogen-bond donors (Lipinski definition) is 3. The monoisotopic (exact) mass is 607 g/mol. The van der Waals surface area contributed by atoms with E-state index in [1.165, 1.54) is 43.4 Å². The molecule has 0 radical (unpaired) electrons. The third kappa shape index (κ3) is 8.99. The maximum Gasteiger partial charge on any atom is 0.362 e. The molecule has 3 rings (SSSR count). The van der Waals surface area contributed by atoms with Crippen molar-refractivity contribution in [2.24, 2.45) is 0 Å². The molecule has 2 fully saturated rings. The second kappa shape index (κ2) is 15.6. The van der Waals surface area contributed by atoms with E-state index in [0.717, 1.165) is 30.6 Å². The van der Waals surface area contributed by atoms with Crippen LogP contribution in [0.3, 0.4) is 0 Å². The molecule has 2 atom stereocenters. The molecule has 232 valence electrons. The Morgan fingerprint density at radius 3 is 2.07 bits per heavy atom. The van der Waals surface area contributed by atoms with Crippen LogP contribution < -0.4 is 10.6 Å². The first-order valence-electron chi connectivity index (χ1n) is 14.6. The first-order chi connectivity index (χ1) is 20.0. The third-order valence-electron chi connectivity index (χ3n) is 7.49. The first kappa shape index (κ1) is 33.0. The molecule has 2 saturated heterocycles. The highest BCUT2D eigenvalue weighted by atomic mass is 32.2. The van der Waals surface area contributed by atoms with Crippen molar-refractivity contribution in [3.8, 4) is 0 Å². The minimum atomic E-state index is -4.74. The smallest absolute Gasteiger partial charge is 0.341 e. The second-order valence-corrected chi connectivity index (χ2v) is 12.0. The van der Waals surface area contributed by atoms with Gasteiger partial charge < -0.3 is 15.5 Å². The van der Waals surface area contributed by atoms with Gasteiger partial charge in [0.05, 0.1) is 6.54 Å². The average Bonchev–Trinajstić information content (AvgIpc) is 2.96. The number of unbranched alkanes of at least 4 members (excludes halogenated alkanes) is 9. The molecular formula is C28H41N5O8S. The number of hydrogen-bond acceptors (Lipinski definition) is 7. The third-order valence-corrected chi connectivity index (χ3v) is 8.37. The van der Waals surface area contributed by atoms with Gasteiger partial charge in [-0.05, 0) is 12.0 Å². The fourth-order valence-electron chi connectivity index (χ4n) is 4.98. The van der Waals surface area contributed by atoms with Crippen LogP contribution in [0, 0.1) is 0 Å². The van der Waals surface area contributed by atoms with Crippen LogP contribution in [0.15, 0.2) is 30.3 Å². The molecular weight excluding hydrogens is 566 g/mol. The minimum Gasteiger partial charge on any atom is -0.341 e.